The van der Waals surface area contributed by atoms with Gasteiger partial charge in [0.2, 0.25) is 0 Å². The second kappa shape index (κ2) is 5.90. The SMILES string of the molecule is Cc1cc(NC2CCCCC2)c([N+](=O)[O-])cc1C(=O)O. The molecule has 2 N–H and O–H groups in total. The first kappa shape index (κ1) is 14.3. The van der Waals surface area contributed by atoms with Crippen LogP contribution in [0.2, 0.25) is 0 Å². The smallest absolute Gasteiger partial charge is 0.336 e. The number of anilines is 1. The Morgan fingerprint density at radius 3 is 2.55 bits per heavy atom. The average molecular weight is 278 g/mol. The van der Waals surface area contributed by atoms with Crippen molar-refractivity contribution in [3.05, 3.63) is 33.4 Å². The van der Waals surface area contributed by atoms with Crippen LogP contribution >= 0.6 is 0 Å². The Balaban J connectivity index is 2.33. The molecule has 108 valence electrons. The lowest BCUT2D eigenvalue weighted by molar-refractivity contribution is -0.384. The molecule has 0 heterocycles. The standard InChI is InChI=1S/C14H18N2O4/c1-9-7-12(15-10-5-3-2-4-6-10)13(16(19)20)8-11(9)14(17)18/h7-8,10,15H,2-6H2,1H3,(H,17,18). The molecule has 0 bridgehead atoms. The van der Waals surface area contributed by atoms with Gasteiger partial charge in [-0.3, -0.25) is 10.1 Å². The summed E-state index contributed by atoms with van der Waals surface area (Å²) in [5.41, 5.74) is 0.760. The van der Waals surface area contributed by atoms with Gasteiger partial charge in [-0.1, -0.05) is 19.3 Å². The fraction of sp³-hybridized carbons (Fsp3) is 0.500. The van der Waals surface area contributed by atoms with E-state index in [0.29, 0.717) is 11.3 Å². The first-order valence-corrected chi connectivity index (χ1v) is 6.78. The normalized spacial score (nSPS) is 15.8. The second-order valence-corrected chi connectivity index (χ2v) is 5.23. The quantitative estimate of drug-likeness (QED) is 0.650. The maximum atomic E-state index is 11.1. The van der Waals surface area contributed by atoms with E-state index in [-0.39, 0.29) is 17.3 Å². The number of hydrogen-bond acceptors (Lipinski definition) is 4. The largest absolute Gasteiger partial charge is 0.478 e. The molecule has 0 amide bonds. The lowest BCUT2D eigenvalue weighted by Crippen LogP contribution is -2.23. The number of carbonyl (C=O) groups is 1. The molecule has 1 fully saturated rings. The Bertz CT molecular complexity index is 536. The van der Waals surface area contributed by atoms with Crippen molar-refractivity contribution in [3.63, 3.8) is 0 Å². The average Bonchev–Trinajstić information content (AvgIpc) is 2.39. The van der Waals surface area contributed by atoms with Gasteiger partial charge in [0.1, 0.15) is 5.69 Å². The zero-order chi connectivity index (χ0) is 14.7. The first-order valence-electron chi connectivity index (χ1n) is 6.78. The summed E-state index contributed by atoms with van der Waals surface area (Å²) in [6.45, 7) is 1.65. The number of carboxylic acids is 1. The number of benzene rings is 1. The van der Waals surface area contributed by atoms with Gasteiger partial charge in [0.25, 0.3) is 5.69 Å². The summed E-state index contributed by atoms with van der Waals surface area (Å²) < 4.78 is 0. The zero-order valence-corrected chi connectivity index (χ0v) is 11.4. The number of carboxylic acid groups (broad SMARTS) is 1. The Hall–Kier alpha value is -2.11. The van der Waals surface area contributed by atoms with Crippen molar-refractivity contribution in [2.75, 3.05) is 5.32 Å². The van der Waals surface area contributed by atoms with Crippen LogP contribution < -0.4 is 5.32 Å². The number of aryl methyl sites for hydroxylation is 1. The minimum atomic E-state index is -1.14. The van der Waals surface area contributed by atoms with Crippen molar-refractivity contribution >= 4 is 17.3 Å². The van der Waals surface area contributed by atoms with Crippen molar-refractivity contribution in [2.45, 2.75) is 45.1 Å². The molecule has 0 unspecified atom stereocenters. The molecule has 1 saturated carbocycles. The predicted molar refractivity (Wildman–Crippen MR) is 75.3 cm³/mol. The zero-order valence-electron chi connectivity index (χ0n) is 11.4. The molecule has 6 heteroatoms. The molecule has 1 aromatic carbocycles. The Morgan fingerprint density at radius 1 is 1.35 bits per heavy atom. The van der Waals surface area contributed by atoms with Crippen molar-refractivity contribution < 1.29 is 14.8 Å². The van der Waals surface area contributed by atoms with Crippen molar-refractivity contribution in [3.8, 4) is 0 Å². The number of rotatable bonds is 4. The van der Waals surface area contributed by atoms with Crippen LogP contribution in [0.4, 0.5) is 11.4 Å². The van der Waals surface area contributed by atoms with E-state index in [0.717, 1.165) is 31.7 Å². The Labute approximate surface area is 117 Å². The minimum absolute atomic E-state index is 0.0223. The Kier molecular flexibility index (Phi) is 4.22. The van der Waals surface area contributed by atoms with Gasteiger partial charge < -0.3 is 10.4 Å². The van der Waals surface area contributed by atoms with Gasteiger partial charge in [-0.25, -0.2) is 4.79 Å². The number of hydrogen-bond donors (Lipinski definition) is 2. The van der Waals surface area contributed by atoms with Crippen LogP contribution in [0, 0.1) is 17.0 Å². The fourth-order valence-electron chi connectivity index (χ4n) is 2.66. The van der Waals surface area contributed by atoms with Crippen molar-refractivity contribution in [1.29, 1.82) is 0 Å². The summed E-state index contributed by atoms with van der Waals surface area (Å²) in [6, 6.07) is 2.94. The highest BCUT2D eigenvalue weighted by Crippen LogP contribution is 2.31. The predicted octanol–water partition coefficient (Wildman–Crippen LogP) is 3.35. The summed E-state index contributed by atoms with van der Waals surface area (Å²) in [5.74, 6) is -1.14. The van der Waals surface area contributed by atoms with Crippen molar-refractivity contribution in [2.24, 2.45) is 0 Å². The number of nitro benzene ring substituents is 1. The van der Waals surface area contributed by atoms with Crippen LogP contribution in [0.1, 0.15) is 48.0 Å². The van der Waals surface area contributed by atoms with E-state index in [4.69, 9.17) is 5.11 Å². The summed E-state index contributed by atoms with van der Waals surface area (Å²) in [4.78, 5) is 21.6. The molecule has 0 aliphatic heterocycles. The van der Waals surface area contributed by atoms with Crippen LogP contribution in [0.25, 0.3) is 0 Å². The molecule has 6 nitrogen and oxygen atoms in total. The Morgan fingerprint density at radius 2 is 2.00 bits per heavy atom. The topological polar surface area (TPSA) is 92.5 Å². The lowest BCUT2D eigenvalue weighted by Gasteiger charge is -2.24. The molecule has 20 heavy (non-hydrogen) atoms. The third kappa shape index (κ3) is 3.07. The summed E-state index contributed by atoms with van der Waals surface area (Å²) >= 11 is 0. The molecule has 0 radical (unpaired) electrons. The van der Waals surface area contributed by atoms with Crippen LogP contribution in [-0.2, 0) is 0 Å². The molecule has 0 aromatic heterocycles. The third-order valence-corrected chi connectivity index (χ3v) is 3.73. The van der Waals surface area contributed by atoms with Gasteiger partial charge in [-0.05, 0) is 31.4 Å². The highest BCUT2D eigenvalue weighted by Gasteiger charge is 2.22. The summed E-state index contributed by atoms with van der Waals surface area (Å²) in [7, 11) is 0. The molecule has 0 atom stereocenters. The van der Waals surface area contributed by atoms with Gasteiger partial charge >= 0.3 is 5.97 Å². The number of nitrogens with zero attached hydrogens (tertiary/aromatic N) is 1. The molecule has 1 aliphatic carbocycles. The van der Waals surface area contributed by atoms with E-state index in [1.54, 1.807) is 13.0 Å². The van der Waals surface area contributed by atoms with E-state index in [2.05, 4.69) is 5.32 Å². The van der Waals surface area contributed by atoms with E-state index < -0.39 is 10.9 Å². The molecule has 1 aromatic rings. The summed E-state index contributed by atoms with van der Waals surface area (Å²) in [6.07, 6.45) is 5.44. The maximum Gasteiger partial charge on any atom is 0.336 e. The van der Waals surface area contributed by atoms with Gasteiger partial charge in [-0.15, -0.1) is 0 Å². The van der Waals surface area contributed by atoms with Crippen LogP contribution in [0.3, 0.4) is 0 Å². The highest BCUT2D eigenvalue weighted by molar-refractivity contribution is 5.91. The summed E-state index contributed by atoms with van der Waals surface area (Å²) in [5, 5.41) is 23.4. The maximum absolute atomic E-state index is 11.1. The van der Waals surface area contributed by atoms with Crippen LogP contribution in [0.5, 0.6) is 0 Å². The van der Waals surface area contributed by atoms with E-state index in [1.807, 2.05) is 0 Å². The van der Waals surface area contributed by atoms with E-state index in [1.165, 1.54) is 6.42 Å². The highest BCUT2D eigenvalue weighted by atomic mass is 16.6. The first-order chi connectivity index (χ1) is 9.49. The fourth-order valence-corrected chi connectivity index (χ4v) is 2.66. The minimum Gasteiger partial charge on any atom is -0.478 e. The molecule has 0 spiro atoms. The molecule has 1 aliphatic rings. The van der Waals surface area contributed by atoms with Crippen LogP contribution in [-0.4, -0.2) is 22.0 Å². The van der Waals surface area contributed by atoms with E-state index >= 15 is 0 Å². The lowest BCUT2D eigenvalue weighted by atomic mass is 9.95. The van der Waals surface area contributed by atoms with Crippen molar-refractivity contribution in [1.82, 2.24) is 0 Å². The monoisotopic (exact) mass is 278 g/mol. The molecule has 2 rings (SSSR count). The van der Waals surface area contributed by atoms with Gasteiger partial charge in [-0.2, -0.15) is 0 Å². The van der Waals surface area contributed by atoms with Gasteiger partial charge in [0.05, 0.1) is 10.5 Å². The number of nitro groups is 1. The van der Waals surface area contributed by atoms with E-state index in [9.17, 15) is 14.9 Å². The third-order valence-electron chi connectivity index (χ3n) is 3.73. The number of nitrogens with one attached hydrogen (secondary N) is 1. The second-order valence-electron chi connectivity index (χ2n) is 5.23. The number of aromatic carboxylic acids is 1. The van der Waals surface area contributed by atoms with Gasteiger partial charge in [0, 0.05) is 12.1 Å². The molecular weight excluding hydrogens is 260 g/mol. The molecule has 0 saturated heterocycles. The van der Waals surface area contributed by atoms with Gasteiger partial charge in [0.15, 0.2) is 0 Å². The molecular formula is C14H18N2O4. The van der Waals surface area contributed by atoms with Crippen LogP contribution in [0.15, 0.2) is 12.1 Å².